The number of hydrogen-bond donors (Lipinski definition) is 1. The van der Waals surface area contributed by atoms with Crippen molar-refractivity contribution < 1.29 is 9.84 Å². The van der Waals surface area contributed by atoms with Crippen molar-refractivity contribution in [1.29, 1.82) is 0 Å². The summed E-state index contributed by atoms with van der Waals surface area (Å²) in [6.07, 6.45) is 6.28. The molecule has 1 heterocycles. The first-order valence-corrected chi connectivity index (χ1v) is 8.30. The monoisotopic (exact) mass is 308 g/mol. The molecule has 0 aromatic heterocycles. The summed E-state index contributed by atoms with van der Waals surface area (Å²) in [4.78, 5) is 0. The van der Waals surface area contributed by atoms with Crippen LogP contribution in [0.25, 0.3) is 6.08 Å². The number of aryl methyl sites for hydroxylation is 1. The molecule has 1 aliphatic heterocycles. The first-order chi connectivity index (χ1) is 11.2. The highest BCUT2D eigenvalue weighted by Crippen LogP contribution is 2.35. The molecule has 1 aliphatic rings. The Bertz CT molecular complexity index is 631. The summed E-state index contributed by atoms with van der Waals surface area (Å²) in [7, 11) is 0. The van der Waals surface area contributed by atoms with Crippen LogP contribution in [-0.2, 0) is 4.74 Å². The molecule has 2 nitrogen and oxygen atoms in total. The highest BCUT2D eigenvalue weighted by atomic mass is 16.5. The summed E-state index contributed by atoms with van der Waals surface area (Å²) in [6.45, 7) is 2.18. The van der Waals surface area contributed by atoms with Crippen LogP contribution in [0.3, 0.4) is 0 Å². The fourth-order valence-corrected chi connectivity index (χ4v) is 3.13. The summed E-state index contributed by atoms with van der Waals surface area (Å²) in [5.41, 5.74) is 3.69. The minimum atomic E-state index is -0.0818. The zero-order valence-electron chi connectivity index (χ0n) is 13.6. The minimum absolute atomic E-state index is 0.0646. The number of hydrogen-bond acceptors (Lipinski definition) is 2. The Morgan fingerprint density at radius 2 is 1.78 bits per heavy atom. The molecule has 1 fully saturated rings. The fraction of sp³-hybridized carbons (Fsp3) is 0.333. The van der Waals surface area contributed by atoms with Crippen LogP contribution < -0.4 is 0 Å². The topological polar surface area (TPSA) is 29.5 Å². The summed E-state index contributed by atoms with van der Waals surface area (Å²) in [5, 5.41) is 9.54. The van der Waals surface area contributed by atoms with E-state index in [9.17, 15) is 5.11 Å². The standard InChI is InChI=1S/C21H24O2/c1-16-7-9-17(10-8-16)11-12-18-13-20(15-22)23-21(14-18)19-5-3-2-4-6-19/h2-12,18,20-22H,13-15H2,1H3/b12-11+/t18-,20+,21-/m1/s1. The third-order valence-corrected chi connectivity index (χ3v) is 4.45. The molecule has 1 saturated heterocycles. The van der Waals surface area contributed by atoms with Gasteiger partial charge in [0.25, 0.3) is 0 Å². The van der Waals surface area contributed by atoms with Crippen molar-refractivity contribution in [3.8, 4) is 0 Å². The lowest BCUT2D eigenvalue weighted by Gasteiger charge is -2.33. The summed E-state index contributed by atoms with van der Waals surface area (Å²) >= 11 is 0. The van der Waals surface area contributed by atoms with Gasteiger partial charge in [0.2, 0.25) is 0 Å². The van der Waals surface area contributed by atoms with E-state index < -0.39 is 0 Å². The Balaban J connectivity index is 1.72. The van der Waals surface area contributed by atoms with Gasteiger partial charge in [0.05, 0.1) is 18.8 Å². The molecule has 23 heavy (non-hydrogen) atoms. The lowest BCUT2D eigenvalue weighted by molar-refractivity contribution is -0.0857. The van der Waals surface area contributed by atoms with Gasteiger partial charge in [-0.25, -0.2) is 0 Å². The van der Waals surface area contributed by atoms with Crippen LogP contribution in [0.4, 0.5) is 0 Å². The van der Waals surface area contributed by atoms with Crippen LogP contribution in [0.15, 0.2) is 60.7 Å². The van der Waals surface area contributed by atoms with Gasteiger partial charge in [0.1, 0.15) is 0 Å². The quantitative estimate of drug-likeness (QED) is 0.898. The Hall–Kier alpha value is -1.90. The molecule has 1 N–H and O–H groups in total. The SMILES string of the molecule is Cc1ccc(/C=C/[C@@H]2C[C@@H](CO)O[C@@H](c3ccccc3)C2)cc1. The maximum Gasteiger partial charge on any atom is 0.0835 e. The van der Waals surface area contributed by atoms with Crippen molar-refractivity contribution in [2.24, 2.45) is 5.92 Å². The number of ether oxygens (including phenoxy) is 1. The summed E-state index contributed by atoms with van der Waals surface area (Å²) in [5.74, 6) is 0.424. The number of aliphatic hydroxyl groups is 1. The van der Waals surface area contributed by atoms with Gasteiger partial charge in [-0.1, -0.05) is 72.3 Å². The van der Waals surface area contributed by atoms with Gasteiger partial charge in [-0.2, -0.15) is 0 Å². The average Bonchev–Trinajstić information content (AvgIpc) is 2.61. The minimum Gasteiger partial charge on any atom is -0.394 e. The van der Waals surface area contributed by atoms with Crippen molar-refractivity contribution >= 4 is 6.08 Å². The Kier molecular flexibility index (Phi) is 5.27. The molecular weight excluding hydrogens is 284 g/mol. The molecule has 3 atom stereocenters. The van der Waals surface area contributed by atoms with Gasteiger partial charge >= 0.3 is 0 Å². The predicted molar refractivity (Wildman–Crippen MR) is 94.1 cm³/mol. The normalized spacial score (nSPS) is 24.9. The van der Waals surface area contributed by atoms with E-state index >= 15 is 0 Å². The molecule has 0 spiro atoms. The smallest absolute Gasteiger partial charge is 0.0835 e. The van der Waals surface area contributed by atoms with Gasteiger partial charge < -0.3 is 9.84 Å². The van der Waals surface area contributed by atoms with E-state index in [1.807, 2.05) is 18.2 Å². The molecule has 2 aromatic rings. The van der Waals surface area contributed by atoms with Crippen LogP contribution in [0.1, 0.15) is 35.6 Å². The Morgan fingerprint density at radius 1 is 1.04 bits per heavy atom. The van der Waals surface area contributed by atoms with Crippen LogP contribution in [0.2, 0.25) is 0 Å². The van der Waals surface area contributed by atoms with E-state index in [1.165, 1.54) is 16.7 Å². The summed E-state index contributed by atoms with van der Waals surface area (Å²) < 4.78 is 6.04. The first-order valence-electron chi connectivity index (χ1n) is 8.30. The molecule has 2 aromatic carbocycles. The van der Waals surface area contributed by atoms with E-state index in [1.54, 1.807) is 0 Å². The molecule has 3 rings (SSSR count). The lowest BCUT2D eigenvalue weighted by atomic mass is 9.88. The zero-order chi connectivity index (χ0) is 16.1. The highest BCUT2D eigenvalue weighted by molar-refractivity contribution is 5.50. The molecule has 2 heteroatoms. The fourth-order valence-electron chi connectivity index (χ4n) is 3.13. The zero-order valence-corrected chi connectivity index (χ0v) is 13.6. The van der Waals surface area contributed by atoms with Gasteiger partial charge in [0, 0.05) is 0 Å². The van der Waals surface area contributed by atoms with Crippen molar-refractivity contribution in [3.05, 3.63) is 77.4 Å². The maximum atomic E-state index is 9.54. The largest absolute Gasteiger partial charge is 0.394 e. The molecule has 0 unspecified atom stereocenters. The Morgan fingerprint density at radius 3 is 2.48 bits per heavy atom. The van der Waals surface area contributed by atoms with Gasteiger partial charge in [-0.15, -0.1) is 0 Å². The maximum absolute atomic E-state index is 9.54. The van der Waals surface area contributed by atoms with E-state index in [-0.39, 0.29) is 18.8 Å². The van der Waals surface area contributed by atoms with Crippen LogP contribution in [-0.4, -0.2) is 17.8 Å². The number of benzene rings is 2. The molecule has 0 saturated carbocycles. The average molecular weight is 308 g/mol. The molecule has 0 bridgehead atoms. The van der Waals surface area contributed by atoms with Crippen LogP contribution in [0, 0.1) is 12.8 Å². The second-order valence-electron chi connectivity index (χ2n) is 6.34. The third-order valence-electron chi connectivity index (χ3n) is 4.45. The number of aliphatic hydroxyl groups excluding tert-OH is 1. The molecule has 0 aliphatic carbocycles. The number of allylic oxidation sites excluding steroid dienone is 1. The van der Waals surface area contributed by atoms with Crippen molar-refractivity contribution in [1.82, 2.24) is 0 Å². The molecular formula is C21H24O2. The van der Waals surface area contributed by atoms with E-state index in [4.69, 9.17) is 4.74 Å². The second kappa shape index (κ2) is 7.58. The van der Waals surface area contributed by atoms with Crippen molar-refractivity contribution in [3.63, 3.8) is 0 Å². The second-order valence-corrected chi connectivity index (χ2v) is 6.34. The Labute approximate surface area is 138 Å². The molecule has 120 valence electrons. The van der Waals surface area contributed by atoms with Crippen LogP contribution in [0.5, 0.6) is 0 Å². The third kappa shape index (κ3) is 4.31. The van der Waals surface area contributed by atoms with E-state index in [2.05, 4.69) is 55.5 Å². The highest BCUT2D eigenvalue weighted by Gasteiger charge is 2.28. The number of rotatable bonds is 4. The molecule has 0 radical (unpaired) electrons. The lowest BCUT2D eigenvalue weighted by Crippen LogP contribution is -2.30. The first kappa shape index (κ1) is 16.0. The van der Waals surface area contributed by atoms with E-state index in [0.717, 1.165) is 12.8 Å². The van der Waals surface area contributed by atoms with Gasteiger partial charge in [-0.3, -0.25) is 0 Å². The predicted octanol–water partition coefficient (Wildman–Crippen LogP) is 4.54. The van der Waals surface area contributed by atoms with Crippen LogP contribution >= 0.6 is 0 Å². The van der Waals surface area contributed by atoms with Gasteiger partial charge in [0.15, 0.2) is 0 Å². The molecule has 0 amide bonds. The summed E-state index contributed by atoms with van der Waals surface area (Å²) in [6, 6.07) is 18.9. The van der Waals surface area contributed by atoms with Gasteiger partial charge in [-0.05, 0) is 36.8 Å². The van der Waals surface area contributed by atoms with Crippen molar-refractivity contribution in [2.75, 3.05) is 6.61 Å². The van der Waals surface area contributed by atoms with E-state index in [0.29, 0.717) is 5.92 Å². The van der Waals surface area contributed by atoms with Crippen molar-refractivity contribution in [2.45, 2.75) is 32.0 Å².